The number of methoxy groups -OCH3 is 1. The first-order valence-corrected chi connectivity index (χ1v) is 9.28. The second kappa shape index (κ2) is 9.24. The van der Waals surface area contributed by atoms with E-state index in [0.717, 1.165) is 37.3 Å². The van der Waals surface area contributed by atoms with Crippen molar-refractivity contribution in [2.45, 2.75) is 50.7 Å². The van der Waals surface area contributed by atoms with Gasteiger partial charge in [-0.15, -0.1) is 24.8 Å². The van der Waals surface area contributed by atoms with Gasteiger partial charge >= 0.3 is 0 Å². The number of aromatic nitrogens is 2. The summed E-state index contributed by atoms with van der Waals surface area (Å²) in [6.07, 6.45) is 6.11. The summed E-state index contributed by atoms with van der Waals surface area (Å²) in [4.78, 5) is 17.6. The van der Waals surface area contributed by atoms with Gasteiger partial charge in [-0.1, -0.05) is 6.42 Å². The van der Waals surface area contributed by atoms with Crippen molar-refractivity contribution in [2.24, 2.45) is 0 Å². The number of nitrogens with zero attached hydrogens (tertiary/aromatic N) is 2. The third-order valence-electron chi connectivity index (χ3n) is 5.58. The molecule has 6 nitrogen and oxygen atoms in total. The molecular weight excluding hydrogens is 387 g/mol. The highest BCUT2D eigenvalue weighted by molar-refractivity contribution is 5.98. The first-order valence-electron chi connectivity index (χ1n) is 9.28. The maximum atomic E-state index is 12.8. The van der Waals surface area contributed by atoms with Gasteiger partial charge in [0.25, 0.3) is 5.91 Å². The van der Waals surface area contributed by atoms with E-state index in [-0.39, 0.29) is 30.7 Å². The van der Waals surface area contributed by atoms with Crippen LogP contribution in [0.25, 0.3) is 11.0 Å². The summed E-state index contributed by atoms with van der Waals surface area (Å²) in [5.74, 6) is 1.11. The van der Waals surface area contributed by atoms with E-state index < -0.39 is 5.60 Å². The summed E-state index contributed by atoms with van der Waals surface area (Å²) in [7, 11) is 1.63. The SMILES string of the molecule is COC1(C(=O)Nc2ccc3c(c2)nc2n3CCCCC2)CCNCC1.Cl.Cl. The number of benzene rings is 1. The summed E-state index contributed by atoms with van der Waals surface area (Å²) in [6.45, 7) is 2.64. The van der Waals surface area contributed by atoms with E-state index in [2.05, 4.69) is 21.3 Å². The average Bonchev–Trinajstić information content (AvgIpc) is 2.82. The zero-order valence-electron chi connectivity index (χ0n) is 15.6. The van der Waals surface area contributed by atoms with Crippen LogP contribution in [0.1, 0.15) is 37.9 Å². The number of nitrogens with one attached hydrogen (secondary N) is 2. The smallest absolute Gasteiger partial charge is 0.256 e. The molecule has 1 aromatic carbocycles. The molecule has 1 fully saturated rings. The fraction of sp³-hybridized carbons (Fsp3) is 0.579. The van der Waals surface area contributed by atoms with Gasteiger partial charge in [0.1, 0.15) is 11.4 Å². The number of halogens is 2. The highest BCUT2D eigenvalue weighted by atomic mass is 35.5. The Bertz CT molecular complexity index is 787. The van der Waals surface area contributed by atoms with Crippen LogP contribution in [0.4, 0.5) is 5.69 Å². The lowest BCUT2D eigenvalue weighted by Gasteiger charge is -2.34. The first-order chi connectivity index (χ1) is 12.2. The number of piperidine rings is 1. The molecule has 2 aliphatic rings. The average molecular weight is 415 g/mol. The zero-order valence-corrected chi connectivity index (χ0v) is 17.3. The molecule has 0 saturated carbocycles. The molecule has 0 unspecified atom stereocenters. The monoisotopic (exact) mass is 414 g/mol. The number of hydrogen-bond donors (Lipinski definition) is 2. The van der Waals surface area contributed by atoms with Crippen LogP contribution in [0, 0.1) is 0 Å². The van der Waals surface area contributed by atoms with Crippen LogP contribution in [-0.4, -0.2) is 41.3 Å². The van der Waals surface area contributed by atoms with Gasteiger partial charge in [-0.2, -0.15) is 0 Å². The Morgan fingerprint density at radius 3 is 2.74 bits per heavy atom. The van der Waals surface area contributed by atoms with E-state index >= 15 is 0 Å². The van der Waals surface area contributed by atoms with Crippen LogP contribution in [0.3, 0.4) is 0 Å². The molecule has 2 aliphatic heterocycles. The minimum absolute atomic E-state index is 0. The molecule has 2 N–H and O–H groups in total. The van der Waals surface area contributed by atoms with Gasteiger partial charge in [0.05, 0.1) is 11.0 Å². The predicted molar refractivity (Wildman–Crippen MR) is 112 cm³/mol. The lowest BCUT2D eigenvalue weighted by molar-refractivity contribution is -0.140. The van der Waals surface area contributed by atoms with Gasteiger partial charge < -0.3 is 19.9 Å². The van der Waals surface area contributed by atoms with Crippen LogP contribution in [-0.2, 0) is 22.5 Å². The topological polar surface area (TPSA) is 68.2 Å². The van der Waals surface area contributed by atoms with Crippen LogP contribution in [0.15, 0.2) is 18.2 Å². The molecule has 0 aliphatic carbocycles. The summed E-state index contributed by atoms with van der Waals surface area (Å²) >= 11 is 0. The number of ether oxygens (including phenoxy) is 1. The van der Waals surface area contributed by atoms with E-state index in [9.17, 15) is 4.79 Å². The third kappa shape index (κ3) is 4.24. The van der Waals surface area contributed by atoms with Gasteiger partial charge in [0.2, 0.25) is 0 Å². The van der Waals surface area contributed by atoms with E-state index in [4.69, 9.17) is 9.72 Å². The van der Waals surface area contributed by atoms with Gasteiger partial charge in [0.15, 0.2) is 0 Å². The number of anilines is 1. The van der Waals surface area contributed by atoms with Crippen molar-refractivity contribution in [2.75, 3.05) is 25.5 Å². The Morgan fingerprint density at radius 2 is 2.00 bits per heavy atom. The number of fused-ring (bicyclic) bond motifs is 3. The highest BCUT2D eigenvalue weighted by Gasteiger charge is 2.39. The Labute approximate surface area is 172 Å². The normalized spacial score (nSPS) is 18.6. The maximum Gasteiger partial charge on any atom is 0.256 e. The molecule has 150 valence electrons. The second-order valence-electron chi connectivity index (χ2n) is 7.10. The van der Waals surface area contributed by atoms with Crippen LogP contribution in [0.2, 0.25) is 0 Å². The Kier molecular flexibility index (Phi) is 7.51. The van der Waals surface area contributed by atoms with Crippen LogP contribution in [0.5, 0.6) is 0 Å². The van der Waals surface area contributed by atoms with Gasteiger partial charge in [0, 0.05) is 25.8 Å². The number of hydrogen-bond acceptors (Lipinski definition) is 4. The quantitative estimate of drug-likeness (QED) is 0.807. The molecular formula is C19H28Cl2N4O2. The lowest BCUT2D eigenvalue weighted by Crippen LogP contribution is -2.51. The molecule has 2 aromatic rings. The molecule has 0 spiro atoms. The molecule has 0 radical (unpaired) electrons. The van der Waals surface area contributed by atoms with E-state index in [0.29, 0.717) is 12.8 Å². The lowest BCUT2D eigenvalue weighted by atomic mass is 9.91. The van der Waals surface area contributed by atoms with Crippen LogP contribution < -0.4 is 10.6 Å². The van der Waals surface area contributed by atoms with Crippen molar-refractivity contribution < 1.29 is 9.53 Å². The molecule has 0 atom stereocenters. The number of carbonyl (C=O) groups excluding carboxylic acids is 1. The number of amides is 1. The van der Waals surface area contributed by atoms with Crippen LogP contribution >= 0.6 is 24.8 Å². The fourth-order valence-corrected chi connectivity index (χ4v) is 4.03. The van der Waals surface area contributed by atoms with Gasteiger partial charge in [-0.05, 0) is 57.0 Å². The van der Waals surface area contributed by atoms with E-state index in [1.807, 2.05) is 12.1 Å². The van der Waals surface area contributed by atoms with Gasteiger partial charge in [-0.3, -0.25) is 4.79 Å². The van der Waals surface area contributed by atoms with Crippen molar-refractivity contribution in [1.82, 2.24) is 14.9 Å². The second-order valence-corrected chi connectivity index (χ2v) is 7.10. The molecule has 4 rings (SSSR count). The van der Waals surface area contributed by atoms with Crippen molar-refractivity contribution in [3.8, 4) is 0 Å². The largest absolute Gasteiger partial charge is 0.368 e. The zero-order chi connectivity index (χ0) is 17.3. The molecule has 27 heavy (non-hydrogen) atoms. The Morgan fingerprint density at radius 1 is 1.22 bits per heavy atom. The first kappa shape index (κ1) is 22.0. The summed E-state index contributed by atoms with van der Waals surface area (Å²) in [5.41, 5.74) is 2.19. The summed E-state index contributed by atoms with van der Waals surface area (Å²) in [5, 5.41) is 6.32. The highest BCUT2D eigenvalue weighted by Crippen LogP contribution is 2.27. The number of carbonyl (C=O) groups is 1. The summed E-state index contributed by atoms with van der Waals surface area (Å²) < 4.78 is 7.94. The van der Waals surface area contributed by atoms with E-state index in [1.54, 1.807) is 7.11 Å². The van der Waals surface area contributed by atoms with Crippen molar-refractivity contribution >= 4 is 47.4 Å². The summed E-state index contributed by atoms with van der Waals surface area (Å²) in [6, 6.07) is 6.04. The number of rotatable bonds is 3. The maximum absolute atomic E-state index is 12.8. The number of aryl methyl sites for hydroxylation is 2. The third-order valence-corrected chi connectivity index (χ3v) is 5.58. The minimum Gasteiger partial charge on any atom is -0.368 e. The van der Waals surface area contributed by atoms with Crippen molar-refractivity contribution in [1.29, 1.82) is 0 Å². The molecule has 0 bridgehead atoms. The van der Waals surface area contributed by atoms with Crippen molar-refractivity contribution in [3.05, 3.63) is 24.0 Å². The van der Waals surface area contributed by atoms with Crippen molar-refractivity contribution in [3.63, 3.8) is 0 Å². The molecule has 1 saturated heterocycles. The number of imidazole rings is 1. The molecule has 3 heterocycles. The molecule has 1 aromatic heterocycles. The van der Waals surface area contributed by atoms with E-state index in [1.165, 1.54) is 30.6 Å². The standard InChI is InChI=1S/C19H26N4O2.2ClH/c1-25-19(8-10-20-11-9-19)18(24)21-14-6-7-16-15(13-14)22-17-5-3-2-4-12-23(16)17;;/h6-7,13,20H,2-5,8-12H2,1H3,(H,21,24);2*1H. The van der Waals surface area contributed by atoms with Gasteiger partial charge in [-0.25, -0.2) is 4.98 Å². The fourth-order valence-electron chi connectivity index (χ4n) is 4.03. The molecule has 8 heteroatoms. The Balaban J connectivity index is 0.00000131. The molecule has 1 amide bonds. The predicted octanol–water partition coefficient (Wildman–Crippen LogP) is 3.31. The minimum atomic E-state index is -0.731. The Hall–Kier alpha value is -1.34.